The number of carbonyl (C=O) groups is 1. The molecular weight excluding hydrogens is 413 g/mol. The van der Waals surface area contributed by atoms with E-state index in [0.29, 0.717) is 23.5 Å². The number of amidine groups is 1. The van der Waals surface area contributed by atoms with Crippen LogP contribution in [0.5, 0.6) is 0 Å². The van der Waals surface area contributed by atoms with E-state index in [9.17, 15) is 9.18 Å². The number of fused-ring (bicyclic) bond motifs is 3. The molecule has 3 aromatic rings. The molecule has 1 saturated heterocycles. The quantitative estimate of drug-likeness (QED) is 0.499. The van der Waals surface area contributed by atoms with Crippen LogP contribution in [0.1, 0.15) is 41.9 Å². The number of thiazole rings is 1. The van der Waals surface area contributed by atoms with Gasteiger partial charge in [-0.2, -0.15) is 4.99 Å². The topological polar surface area (TPSA) is 76.0 Å². The molecule has 0 saturated carbocycles. The van der Waals surface area contributed by atoms with Crippen LogP contribution in [0.15, 0.2) is 29.3 Å². The van der Waals surface area contributed by atoms with Crippen molar-refractivity contribution < 1.29 is 9.18 Å². The van der Waals surface area contributed by atoms with Gasteiger partial charge in [-0.05, 0) is 64.3 Å². The van der Waals surface area contributed by atoms with Crippen LogP contribution in [-0.4, -0.2) is 46.2 Å². The van der Waals surface area contributed by atoms with Crippen molar-refractivity contribution in [3.8, 4) is 11.3 Å². The third-order valence-corrected chi connectivity index (χ3v) is 7.41. The number of rotatable bonds is 3. The van der Waals surface area contributed by atoms with Crippen molar-refractivity contribution in [2.75, 3.05) is 20.1 Å². The second-order valence-electron chi connectivity index (χ2n) is 8.55. The fourth-order valence-electron chi connectivity index (χ4n) is 4.74. The summed E-state index contributed by atoms with van der Waals surface area (Å²) in [4.78, 5) is 26.4. The molecule has 2 N–H and O–H groups in total. The molecule has 1 unspecified atom stereocenters. The predicted octanol–water partition coefficient (Wildman–Crippen LogP) is 3.65. The Kier molecular flexibility index (Phi) is 5.35. The SMILES string of the molecule is CN1CCCC(C(=O)N=C(N)c2c(-c3cccc(F)c3)nc3sc4c(n23)CCCC4)C1. The Balaban J connectivity index is 1.63. The number of hydrogen-bond donors (Lipinski definition) is 1. The van der Waals surface area contributed by atoms with Crippen LogP contribution in [0.25, 0.3) is 16.2 Å². The summed E-state index contributed by atoms with van der Waals surface area (Å²) in [5.74, 6) is -0.502. The van der Waals surface area contributed by atoms with Gasteiger partial charge < -0.3 is 10.6 Å². The Morgan fingerprint density at radius 2 is 2.13 bits per heavy atom. The average Bonchev–Trinajstić information content (AvgIpc) is 3.30. The molecule has 0 radical (unpaired) electrons. The maximum absolute atomic E-state index is 14.0. The molecule has 31 heavy (non-hydrogen) atoms. The first-order valence-corrected chi connectivity index (χ1v) is 11.7. The number of nitrogens with zero attached hydrogens (tertiary/aromatic N) is 4. The molecule has 2 aromatic heterocycles. The van der Waals surface area contributed by atoms with Gasteiger partial charge in [0.05, 0.1) is 5.92 Å². The van der Waals surface area contributed by atoms with Crippen molar-refractivity contribution in [3.05, 3.63) is 46.3 Å². The molecule has 6 nitrogen and oxygen atoms in total. The van der Waals surface area contributed by atoms with Gasteiger partial charge in [0.1, 0.15) is 17.2 Å². The van der Waals surface area contributed by atoms with Gasteiger partial charge in [-0.1, -0.05) is 12.1 Å². The summed E-state index contributed by atoms with van der Waals surface area (Å²) in [6, 6.07) is 6.34. The summed E-state index contributed by atoms with van der Waals surface area (Å²) in [5.41, 5.74) is 9.50. The minimum atomic E-state index is -0.335. The lowest BCUT2D eigenvalue weighted by Crippen LogP contribution is -2.36. The Morgan fingerprint density at radius 1 is 1.29 bits per heavy atom. The molecule has 0 spiro atoms. The summed E-state index contributed by atoms with van der Waals surface area (Å²) >= 11 is 1.65. The molecule has 1 aliphatic heterocycles. The van der Waals surface area contributed by atoms with Gasteiger partial charge in [0.2, 0.25) is 0 Å². The number of hydrogen-bond acceptors (Lipinski definition) is 4. The predicted molar refractivity (Wildman–Crippen MR) is 121 cm³/mol. The highest BCUT2D eigenvalue weighted by molar-refractivity contribution is 7.17. The summed E-state index contributed by atoms with van der Waals surface area (Å²) < 4.78 is 16.0. The van der Waals surface area contributed by atoms with Gasteiger partial charge in [-0.15, -0.1) is 11.3 Å². The van der Waals surface area contributed by atoms with E-state index in [1.807, 2.05) is 13.1 Å². The minimum Gasteiger partial charge on any atom is -0.382 e. The molecule has 162 valence electrons. The molecule has 5 rings (SSSR count). The Hall–Kier alpha value is -2.58. The second-order valence-corrected chi connectivity index (χ2v) is 9.62. The van der Waals surface area contributed by atoms with E-state index in [4.69, 9.17) is 10.7 Å². The van der Waals surface area contributed by atoms with E-state index in [1.54, 1.807) is 17.4 Å². The summed E-state index contributed by atoms with van der Waals surface area (Å²) in [6.07, 6.45) is 6.05. The zero-order chi connectivity index (χ0) is 21.5. The van der Waals surface area contributed by atoms with Gasteiger partial charge >= 0.3 is 0 Å². The molecule has 1 amide bonds. The molecule has 1 aromatic carbocycles. The van der Waals surface area contributed by atoms with Crippen LogP contribution in [0.3, 0.4) is 0 Å². The monoisotopic (exact) mass is 439 g/mol. The highest BCUT2D eigenvalue weighted by atomic mass is 32.1. The lowest BCUT2D eigenvalue weighted by atomic mass is 9.98. The number of amides is 1. The summed E-state index contributed by atoms with van der Waals surface area (Å²) in [5, 5.41) is 0. The number of aromatic nitrogens is 2. The molecule has 0 bridgehead atoms. The number of benzene rings is 1. The van der Waals surface area contributed by atoms with Crippen molar-refractivity contribution in [2.24, 2.45) is 16.6 Å². The number of nitrogens with two attached hydrogens (primary N) is 1. The lowest BCUT2D eigenvalue weighted by molar-refractivity contribution is -0.123. The van der Waals surface area contributed by atoms with Gasteiger partial charge in [-0.3, -0.25) is 9.20 Å². The third-order valence-electron chi connectivity index (χ3n) is 6.27. The Bertz CT molecular complexity index is 1180. The van der Waals surface area contributed by atoms with E-state index in [2.05, 4.69) is 14.3 Å². The van der Waals surface area contributed by atoms with Gasteiger partial charge in [0.15, 0.2) is 10.8 Å². The number of aryl methyl sites for hydroxylation is 2. The van der Waals surface area contributed by atoms with Crippen molar-refractivity contribution in [3.63, 3.8) is 0 Å². The first-order chi connectivity index (χ1) is 15.0. The molecule has 1 aliphatic carbocycles. The molecule has 1 atom stereocenters. The molecule has 1 fully saturated rings. The summed E-state index contributed by atoms with van der Waals surface area (Å²) in [6.45, 7) is 1.69. The van der Waals surface area contributed by atoms with Crippen LogP contribution in [0, 0.1) is 11.7 Å². The van der Waals surface area contributed by atoms with Crippen LogP contribution >= 0.6 is 11.3 Å². The Labute approximate surface area is 184 Å². The standard InChI is InChI=1S/C23H26FN5OS/c1-28-11-5-7-15(13-28)22(30)27-21(25)20-19(14-6-4-8-16(24)12-14)26-23-29(20)17-9-2-3-10-18(17)31-23/h4,6,8,12,15H,2-3,5,7,9-11,13H2,1H3,(H2,25,27,30). The van der Waals surface area contributed by atoms with Crippen LogP contribution in [0.2, 0.25) is 0 Å². The van der Waals surface area contributed by atoms with Crippen molar-refractivity contribution in [2.45, 2.75) is 38.5 Å². The van der Waals surface area contributed by atoms with E-state index in [-0.39, 0.29) is 23.5 Å². The fourth-order valence-corrected chi connectivity index (χ4v) is 5.95. The number of halogens is 1. The van der Waals surface area contributed by atoms with E-state index in [0.717, 1.165) is 43.6 Å². The number of aliphatic imine (C=N–C) groups is 1. The molecule has 3 heterocycles. The van der Waals surface area contributed by atoms with Gasteiger partial charge in [0, 0.05) is 22.7 Å². The molecular formula is C23H26FN5OS. The van der Waals surface area contributed by atoms with Crippen LogP contribution in [-0.2, 0) is 17.6 Å². The van der Waals surface area contributed by atoms with Crippen LogP contribution < -0.4 is 5.73 Å². The first kappa shape index (κ1) is 20.3. The summed E-state index contributed by atoms with van der Waals surface area (Å²) in [7, 11) is 2.02. The largest absolute Gasteiger partial charge is 0.382 e. The molecule has 2 aliphatic rings. The van der Waals surface area contributed by atoms with Crippen molar-refractivity contribution in [1.82, 2.24) is 14.3 Å². The van der Waals surface area contributed by atoms with E-state index < -0.39 is 0 Å². The zero-order valence-corrected chi connectivity index (χ0v) is 18.4. The zero-order valence-electron chi connectivity index (χ0n) is 17.6. The number of imidazole rings is 1. The highest BCUT2D eigenvalue weighted by Crippen LogP contribution is 2.35. The number of piperidine rings is 1. The number of likely N-dealkylation sites (tertiary alicyclic amines) is 1. The van der Waals surface area contributed by atoms with E-state index >= 15 is 0 Å². The lowest BCUT2D eigenvalue weighted by Gasteiger charge is -2.27. The maximum Gasteiger partial charge on any atom is 0.252 e. The number of carbonyl (C=O) groups excluding carboxylic acids is 1. The van der Waals surface area contributed by atoms with Gasteiger partial charge in [-0.25, -0.2) is 9.37 Å². The van der Waals surface area contributed by atoms with Crippen LogP contribution in [0.4, 0.5) is 4.39 Å². The second kappa shape index (κ2) is 8.16. The smallest absolute Gasteiger partial charge is 0.252 e. The minimum absolute atomic E-state index is 0.144. The van der Waals surface area contributed by atoms with Crippen molar-refractivity contribution >= 4 is 28.0 Å². The normalized spacial score (nSPS) is 20.2. The highest BCUT2D eigenvalue weighted by Gasteiger charge is 2.28. The fraction of sp³-hybridized carbons (Fsp3) is 0.435. The first-order valence-electron chi connectivity index (χ1n) is 10.9. The average molecular weight is 440 g/mol. The third kappa shape index (κ3) is 3.78. The Morgan fingerprint density at radius 3 is 2.94 bits per heavy atom. The maximum atomic E-state index is 14.0. The van der Waals surface area contributed by atoms with Crippen molar-refractivity contribution in [1.29, 1.82) is 0 Å². The van der Waals surface area contributed by atoms with E-state index in [1.165, 1.54) is 29.1 Å². The molecule has 8 heteroatoms. The van der Waals surface area contributed by atoms with Gasteiger partial charge in [0.25, 0.3) is 5.91 Å².